The molecule has 2 amide bonds. The molecule has 1 aromatic carbocycles. The van der Waals surface area contributed by atoms with E-state index in [4.69, 9.17) is 0 Å². The second-order valence-electron chi connectivity index (χ2n) is 7.85. The van der Waals surface area contributed by atoms with Gasteiger partial charge in [-0.3, -0.25) is 14.4 Å². The second-order valence-corrected chi connectivity index (χ2v) is 7.85. The van der Waals surface area contributed by atoms with Crippen LogP contribution in [-0.4, -0.2) is 50.2 Å². The molecule has 4 rings (SSSR count). The third-order valence-corrected chi connectivity index (χ3v) is 6.12. The highest BCUT2D eigenvalue weighted by Gasteiger charge is 2.61. The van der Waals surface area contributed by atoms with Crippen molar-refractivity contribution in [3.05, 3.63) is 63.1 Å². The average molecular weight is 433 g/mol. The van der Waals surface area contributed by atoms with Crippen molar-refractivity contribution in [1.29, 1.82) is 0 Å². The maximum absolute atomic E-state index is 13.8. The first-order valence-corrected chi connectivity index (χ1v) is 9.84. The molecule has 2 atom stereocenters. The number of carbonyl (C=O) groups is 2. The lowest BCUT2D eigenvalue weighted by atomic mass is 10.0. The molecule has 1 aromatic heterocycles. The second kappa shape index (κ2) is 7.45. The van der Waals surface area contributed by atoms with E-state index in [9.17, 15) is 33.4 Å². The Morgan fingerprint density at radius 1 is 1.32 bits per heavy atom. The van der Waals surface area contributed by atoms with Gasteiger partial charge in [0.1, 0.15) is 17.2 Å². The lowest BCUT2D eigenvalue weighted by Gasteiger charge is -2.38. The number of aromatic nitrogens is 1. The van der Waals surface area contributed by atoms with Crippen molar-refractivity contribution in [2.24, 2.45) is 5.92 Å². The Balaban J connectivity index is 1.65. The van der Waals surface area contributed by atoms with E-state index in [1.807, 2.05) is 0 Å². The topological polar surface area (TPSA) is 112 Å². The van der Waals surface area contributed by atoms with Gasteiger partial charge in [-0.2, -0.15) is 0 Å². The maximum atomic E-state index is 13.8. The van der Waals surface area contributed by atoms with Crippen LogP contribution in [0.25, 0.3) is 0 Å². The largest absolute Gasteiger partial charge is 0.503 e. The Labute approximate surface area is 175 Å². The first-order chi connectivity index (χ1) is 14.7. The van der Waals surface area contributed by atoms with Gasteiger partial charge < -0.3 is 25.0 Å². The number of amides is 2. The molecule has 2 aliphatic rings. The predicted molar refractivity (Wildman–Crippen MR) is 105 cm³/mol. The third-order valence-electron chi connectivity index (χ3n) is 6.12. The quantitative estimate of drug-likeness (QED) is 0.651. The molecule has 1 fully saturated rings. The standard InChI is InChI=1S/C21H21F2N3O5/c1-2-26-20(31)16-18(29)17(28)14(8-25(16)10-21(26)6-12(21)9-27)19(30)24-7-11-3-4-13(22)5-15(11)23/h3-5,8,12,27,29H,2,6-7,9-10H2,1H3,(H,24,30). The number of hydrogen-bond acceptors (Lipinski definition) is 5. The number of rotatable bonds is 5. The number of halogens is 2. The summed E-state index contributed by atoms with van der Waals surface area (Å²) in [6.07, 6.45) is 1.77. The normalized spacial score (nSPS) is 21.9. The van der Waals surface area contributed by atoms with Gasteiger partial charge in [0.05, 0.1) is 5.54 Å². The third kappa shape index (κ3) is 3.27. The summed E-state index contributed by atoms with van der Waals surface area (Å²) >= 11 is 0. The molecule has 10 heteroatoms. The van der Waals surface area contributed by atoms with Crippen LogP contribution in [0.1, 0.15) is 39.8 Å². The molecule has 1 aliphatic carbocycles. The summed E-state index contributed by atoms with van der Waals surface area (Å²) in [7, 11) is 0. The summed E-state index contributed by atoms with van der Waals surface area (Å²) in [5.41, 5.74) is -2.23. The van der Waals surface area contributed by atoms with Gasteiger partial charge in [-0.05, 0) is 19.4 Å². The summed E-state index contributed by atoms with van der Waals surface area (Å²) in [5, 5.41) is 22.4. The van der Waals surface area contributed by atoms with Crippen molar-refractivity contribution in [2.45, 2.75) is 32.0 Å². The van der Waals surface area contributed by atoms with Crippen LogP contribution >= 0.6 is 0 Å². The minimum Gasteiger partial charge on any atom is -0.503 e. The van der Waals surface area contributed by atoms with Crippen molar-refractivity contribution >= 4 is 11.8 Å². The molecule has 2 heterocycles. The van der Waals surface area contributed by atoms with Gasteiger partial charge in [-0.15, -0.1) is 0 Å². The predicted octanol–water partition coefficient (Wildman–Crippen LogP) is 0.989. The molecule has 0 bridgehead atoms. The van der Waals surface area contributed by atoms with Crippen molar-refractivity contribution in [3.8, 4) is 5.75 Å². The molecule has 2 aromatic rings. The van der Waals surface area contributed by atoms with Crippen LogP contribution in [0.5, 0.6) is 5.75 Å². The lowest BCUT2D eigenvalue weighted by Crippen LogP contribution is -2.52. The van der Waals surface area contributed by atoms with Crippen LogP contribution in [0.2, 0.25) is 0 Å². The molecular formula is C21H21F2N3O5. The summed E-state index contributed by atoms with van der Waals surface area (Å²) in [5.74, 6) is -3.98. The lowest BCUT2D eigenvalue weighted by molar-refractivity contribution is 0.0508. The van der Waals surface area contributed by atoms with E-state index in [-0.39, 0.29) is 36.9 Å². The minimum atomic E-state index is -1.02. The first kappa shape index (κ1) is 21.0. The zero-order valence-electron chi connectivity index (χ0n) is 16.7. The Bertz CT molecular complexity index is 1150. The maximum Gasteiger partial charge on any atom is 0.275 e. The van der Waals surface area contributed by atoms with E-state index in [1.165, 1.54) is 16.8 Å². The van der Waals surface area contributed by atoms with Crippen LogP contribution < -0.4 is 10.7 Å². The molecular weight excluding hydrogens is 412 g/mol. The van der Waals surface area contributed by atoms with Gasteiger partial charge in [0.25, 0.3) is 11.8 Å². The fourth-order valence-corrected chi connectivity index (χ4v) is 4.39. The fourth-order valence-electron chi connectivity index (χ4n) is 4.39. The first-order valence-electron chi connectivity index (χ1n) is 9.84. The average Bonchev–Trinajstić information content (AvgIpc) is 3.42. The van der Waals surface area contributed by atoms with Crippen molar-refractivity contribution in [2.75, 3.05) is 13.2 Å². The molecule has 8 nitrogen and oxygen atoms in total. The smallest absolute Gasteiger partial charge is 0.275 e. The Morgan fingerprint density at radius 3 is 2.68 bits per heavy atom. The SMILES string of the molecule is CCN1C(=O)c2c(O)c(=O)c(C(=O)NCc3ccc(F)cc3F)cn2CC12CC2CO. The molecule has 1 saturated carbocycles. The Morgan fingerprint density at radius 2 is 2.06 bits per heavy atom. The van der Waals surface area contributed by atoms with E-state index < -0.39 is 45.7 Å². The van der Waals surface area contributed by atoms with Gasteiger partial charge in [-0.1, -0.05) is 6.07 Å². The monoisotopic (exact) mass is 433 g/mol. The number of likely N-dealkylation sites (N-methyl/N-ethyl adjacent to an activating group) is 1. The summed E-state index contributed by atoms with van der Waals surface area (Å²) in [6.45, 7) is 1.92. The summed E-state index contributed by atoms with van der Waals surface area (Å²) in [4.78, 5) is 39.7. The molecule has 1 aliphatic heterocycles. The minimum absolute atomic E-state index is 0.0218. The number of carbonyl (C=O) groups excluding carboxylic acids is 2. The number of hydrogen-bond donors (Lipinski definition) is 3. The van der Waals surface area contributed by atoms with E-state index in [2.05, 4.69) is 5.32 Å². The van der Waals surface area contributed by atoms with E-state index in [0.717, 1.165) is 6.07 Å². The molecule has 0 saturated heterocycles. The van der Waals surface area contributed by atoms with E-state index in [0.29, 0.717) is 19.0 Å². The molecule has 3 N–H and O–H groups in total. The molecule has 164 valence electrons. The van der Waals surface area contributed by atoms with E-state index in [1.54, 1.807) is 11.8 Å². The van der Waals surface area contributed by atoms with Crippen LogP contribution in [-0.2, 0) is 13.1 Å². The molecule has 2 unspecified atom stereocenters. The number of aliphatic hydroxyl groups excluding tert-OH is 1. The fraction of sp³-hybridized carbons (Fsp3) is 0.381. The van der Waals surface area contributed by atoms with Gasteiger partial charge in [0.2, 0.25) is 5.43 Å². The highest BCUT2D eigenvalue weighted by molar-refractivity contribution is 5.99. The highest BCUT2D eigenvalue weighted by Crippen LogP contribution is 2.52. The van der Waals surface area contributed by atoms with Crippen molar-refractivity contribution < 1.29 is 28.6 Å². The zero-order valence-corrected chi connectivity index (χ0v) is 16.7. The van der Waals surface area contributed by atoms with Gasteiger partial charge in [0, 0.05) is 50.0 Å². The zero-order chi connectivity index (χ0) is 22.5. The number of aliphatic hydroxyl groups is 1. The molecule has 31 heavy (non-hydrogen) atoms. The van der Waals surface area contributed by atoms with Crippen LogP contribution in [0.15, 0.2) is 29.2 Å². The molecule has 0 radical (unpaired) electrons. The Hall–Kier alpha value is -3.27. The highest BCUT2D eigenvalue weighted by atomic mass is 19.1. The van der Waals surface area contributed by atoms with Crippen molar-refractivity contribution in [3.63, 3.8) is 0 Å². The van der Waals surface area contributed by atoms with Crippen molar-refractivity contribution in [1.82, 2.24) is 14.8 Å². The van der Waals surface area contributed by atoms with Gasteiger partial charge in [0.15, 0.2) is 11.4 Å². The van der Waals surface area contributed by atoms with Crippen LogP contribution in [0, 0.1) is 17.6 Å². The van der Waals surface area contributed by atoms with Crippen LogP contribution in [0.4, 0.5) is 8.78 Å². The van der Waals surface area contributed by atoms with Gasteiger partial charge in [-0.25, -0.2) is 8.78 Å². The number of nitrogens with zero attached hydrogens (tertiary/aromatic N) is 2. The molecule has 1 spiro atoms. The Kier molecular flexibility index (Phi) is 5.04. The number of benzene rings is 1. The summed E-state index contributed by atoms with van der Waals surface area (Å²) < 4.78 is 28.2. The number of fused-ring (bicyclic) bond motifs is 1. The number of nitrogens with one attached hydrogen (secondary N) is 1. The van der Waals surface area contributed by atoms with E-state index >= 15 is 0 Å². The number of pyridine rings is 1. The summed E-state index contributed by atoms with van der Waals surface area (Å²) in [6, 6.07) is 2.90. The number of aromatic hydroxyl groups is 1. The van der Waals surface area contributed by atoms with Crippen LogP contribution in [0.3, 0.4) is 0 Å². The van der Waals surface area contributed by atoms with Gasteiger partial charge >= 0.3 is 0 Å².